The summed E-state index contributed by atoms with van der Waals surface area (Å²) in [4.78, 5) is 30.8. The standard InChI is InChI=1S/C18H23N5O3/c1-18(2,3)26-17(25)23-10-8-13-12(11-23)15(22(4)21-13)16(24)20-14-7-5-6-9-19-14/h5-7,9H,8,10-11H2,1-4H3,(H,19,20,24). The van der Waals surface area contributed by atoms with Crippen molar-refractivity contribution >= 4 is 17.8 Å². The maximum Gasteiger partial charge on any atom is 0.410 e. The molecule has 0 aliphatic carbocycles. The van der Waals surface area contributed by atoms with E-state index in [1.807, 2.05) is 20.8 Å². The van der Waals surface area contributed by atoms with Crippen molar-refractivity contribution in [2.45, 2.75) is 39.3 Å². The minimum Gasteiger partial charge on any atom is -0.444 e. The Bertz CT molecular complexity index is 823. The number of nitrogens with zero attached hydrogens (tertiary/aromatic N) is 4. The van der Waals surface area contributed by atoms with Gasteiger partial charge in [0.1, 0.15) is 17.1 Å². The molecule has 0 aromatic carbocycles. The summed E-state index contributed by atoms with van der Waals surface area (Å²) < 4.78 is 7.00. The van der Waals surface area contributed by atoms with Crippen molar-refractivity contribution in [1.29, 1.82) is 0 Å². The molecular formula is C18H23N5O3. The Kier molecular flexibility index (Phi) is 4.67. The molecule has 138 valence electrons. The molecular weight excluding hydrogens is 334 g/mol. The van der Waals surface area contributed by atoms with Crippen molar-refractivity contribution in [2.24, 2.45) is 7.05 Å². The van der Waals surface area contributed by atoms with E-state index in [9.17, 15) is 9.59 Å². The predicted molar refractivity (Wildman–Crippen MR) is 95.7 cm³/mol. The number of nitrogens with one attached hydrogen (secondary N) is 1. The minimum atomic E-state index is -0.564. The average Bonchev–Trinajstić information content (AvgIpc) is 2.89. The number of aromatic nitrogens is 3. The number of carbonyl (C=O) groups is 2. The van der Waals surface area contributed by atoms with Gasteiger partial charge in [0.2, 0.25) is 0 Å². The Morgan fingerprint density at radius 2 is 2.04 bits per heavy atom. The third-order valence-electron chi connectivity index (χ3n) is 3.97. The van der Waals surface area contributed by atoms with Crippen LogP contribution in [-0.2, 0) is 24.8 Å². The molecule has 0 saturated heterocycles. The van der Waals surface area contributed by atoms with Crippen LogP contribution in [-0.4, -0.2) is 43.8 Å². The van der Waals surface area contributed by atoms with E-state index in [1.54, 1.807) is 41.0 Å². The highest BCUT2D eigenvalue weighted by Gasteiger charge is 2.31. The van der Waals surface area contributed by atoms with Gasteiger partial charge in [-0.05, 0) is 32.9 Å². The van der Waals surface area contributed by atoms with E-state index >= 15 is 0 Å². The molecule has 8 heteroatoms. The smallest absolute Gasteiger partial charge is 0.410 e. The van der Waals surface area contributed by atoms with Gasteiger partial charge in [0.25, 0.3) is 5.91 Å². The summed E-state index contributed by atoms with van der Waals surface area (Å²) in [6.07, 6.45) is 1.81. The number of carbonyl (C=O) groups excluding carboxylic acids is 2. The highest BCUT2D eigenvalue weighted by molar-refractivity contribution is 6.03. The second-order valence-corrected chi connectivity index (χ2v) is 7.22. The molecule has 0 fully saturated rings. The van der Waals surface area contributed by atoms with E-state index in [0.717, 1.165) is 11.3 Å². The van der Waals surface area contributed by atoms with Crippen LogP contribution < -0.4 is 5.32 Å². The first-order valence-corrected chi connectivity index (χ1v) is 8.49. The molecule has 26 heavy (non-hydrogen) atoms. The molecule has 2 amide bonds. The molecule has 0 atom stereocenters. The van der Waals surface area contributed by atoms with Crippen LogP contribution in [0.2, 0.25) is 0 Å². The normalized spacial score (nSPS) is 13.9. The molecule has 0 radical (unpaired) electrons. The third kappa shape index (κ3) is 3.84. The summed E-state index contributed by atoms with van der Waals surface area (Å²) in [5, 5.41) is 7.21. The lowest BCUT2D eigenvalue weighted by Crippen LogP contribution is -2.40. The molecule has 3 heterocycles. The molecule has 1 aliphatic heterocycles. The van der Waals surface area contributed by atoms with Crippen molar-refractivity contribution in [3.05, 3.63) is 41.3 Å². The van der Waals surface area contributed by atoms with Crippen LogP contribution in [0.3, 0.4) is 0 Å². The Hall–Kier alpha value is -2.90. The fraction of sp³-hybridized carbons (Fsp3) is 0.444. The molecule has 2 aromatic rings. The lowest BCUT2D eigenvalue weighted by Gasteiger charge is -2.29. The quantitative estimate of drug-likeness (QED) is 0.891. The number of ether oxygens (including phenoxy) is 1. The average molecular weight is 357 g/mol. The largest absolute Gasteiger partial charge is 0.444 e. The second kappa shape index (κ2) is 6.78. The van der Waals surface area contributed by atoms with Gasteiger partial charge in [-0.1, -0.05) is 6.07 Å². The van der Waals surface area contributed by atoms with Crippen molar-refractivity contribution in [1.82, 2.24) is 19.7 Å². The van der Waals surface area contributed by atoms with E-state index in [2.05, 4.69) is 15.4 Å². The SMILES string of the molecule is Cn1nc2c(c1C(=O)Nc1ccccn1)CN(C(=O)OC(C)(C)C)CC2. The lowest BCUT2D eigenvalue weighted by atomic mass is 10.1. The molecule has 0 spiro atoms. The summed E-state index contributed by atoms with van der Waals surface area (Å²) in [7, 11) is 1.73. The number of amides is 2. The zero-order valence-electron chi connectivity index (χ0n) is 15.4. The number of anilines is 1. The van der Waals surface area contributed by atoms with E-state index in [1.165, 1.54) is 0 Å². The zero-order chi connectivity index (χ0) is 18.9. The summed E-state index contributed by atoms with van der Waals surface area (Å²) in [5.41, 5.74) is 1.45. The van der Waals surface area contributed by atoms with Crippen LogP contribution in [0.15, 0.2) is 24.4 Å². The fourth-order valence-electron chi connectivity index (χ4n) is 2.88. The molecule has 0 bridgehead atoms. The van der Waals surface area contributed by atoms with Crippen LogP contribution in [0.4, 0.5) is 10.6 Å². The van der Waals surface area contributed by atoms with Gasteiger partial charge >= 0.3 is 6.09 Å². The van der Waals surface area contributed by atoms with Gasteiger partial charge in [0.05, 0.1) is 12.2 Å². The zero-order valence-corrected chi connectivity index (χ0v) is 15.4. The molecule has 3 rings (SSSR count). The summed E-state index contributed by atoms with van der Waals surface area (Å²) in [6, 6.07) is 5.29. The van der Waals surface area contributed by atoms with Gasteiger partial charge in [-0.15, -0.1) is 0 Å². The molecule has 0 unspecified atom stereocenters. The van der Waals surface area contributed by atoms with Gasteiger partial charge in [-0.25, -0.2) is 9.78 Å². The second-order valence-electron chi connectivity index (χ2n) is 7.22. The number of hydrogen-bond acceptors (Lipinski definition) is 5. The van der Waals surface area contributed by atoms with Crippen LogP contribution in [0.5, 0.6) is 0 Å². The Balaban J connectivity index is 1.81. The van der Waals surface area contributed by atoms with Crippen LogP contribution in [0.25, 0.3) is 0 Å². The van der Waals surface area contributed by atoms with Crippen molar-refractivity contribution in [3.63, 3.8) is 0 Å². The van der Waals surface area contributed by atoms with E-state index in [0.29, 0.717) is 31.0 Å². The molecule has 8 nitrogen and oxygen atoms in total. The highest BCUT2D eigenvalue weighted by atomic mass is 16.6. The summed E-state index contributed by atoms with van der Waals surface area (Å²) >= 11 is 0. The Morgan fingerprint density at radius 3 is 2.69 bits per heavy atom. The van der Waals surface area contributed by atoms with Crippen molar-refractivity contribution in [3.8, 4) is 0 Å². The number of aryl methyl sites for hydroxylation is 1. The maximum absolute atomic E-state index is 12.7. The van der Waals surface area contributed by atoms with Crippen LogP contribution in [0.1, 0.15) is 42.5 Å². The summed E-state index contributed by atoms with van der Waals surface area (Å²) in [6.45, 7) is 6.30. The molecule has 1 aliphatic rings. The van der Waals surface area contributed by atoms with Gasteiger partial charge in [0, 0.05) is 31.8 Å². The van der Waals surface area contributed by atoms with Gasteiger partial charge in [-0.3, -0.25) is 9.48 Å². The molecule has 1 N–H and O–H groups in total. The van der Waals surface area contributed by atoms with Crippen LogP contribution >= 0.6 is 0 Å². The first kappa shape index (κ1) is 17.9. The van der Waals surface area contributed by atoms with Crippen molar-refractivity contribution in [2.75, 3.05) is 11.9 Å². The Morgan fingerprint density at radius 1 is 1.27 bits per heavy atom. The maximum atomic E-state index is 12.7. The monoisotopic (exact) mass is 357 g/mol. The summed E-state index contributed by atoms with van der Waals surface area (Å²) in [5.74, 6) is 0.165. The lowest BCUT2D eigenvalue weighted by molar-refractivity contribution is 0.0222. The van der Waals surface area contributed by atoms with E-state index in [-0.39, 0.29) is 12.0 Å². The van der Waals surface area contributed by atoms with E-state index < -0.39 is 5.60 Å². The molecule has 2 aromatic heterocycles. The number of hydrogen-bond donors (Lipinski definition) is 1. The predicted octanol–water partition coefficient (Wildman–Crippen LogP) is 2.36. The minimum absolute atomic E-state index is 0.295. The first-order chi connectivity index (χ1) is 12.2. The van der Waals surface area contributed by atoms with Crippen LogP contribution in [0, 0.1) is 0 Å². The number of fused-ring (bicyclic) bond motifs is 1. The Labute approximate surface area is 152 Å². The topological polar surface area (TPSA) is 89.4 Å². The van der Waals surface area contributed by atoms with Crippen molar-refractivity contribution < 1.29 is 14.3 Å². The molecule has 0 saturated carbocycles. The van der Waals surface area contributed by atoms with E-state index in [4.69, 9.17) is 4.74 Å². The van der Waals surface area contributed by atoms with Gasteiger partial charge in [0.15, 0.2) is 0 Å². The van der Waals surface area contributed by atoms with Gasteiger partial charge < -0.3 is 15.0 Å². The third-order valence-corrected chi connectivity index (χ3v) is 3.97. The number of pyridine rings is 1. The highest BCUT2D eigenvalue weighted by Crippen LogP contribution is 2.24. The first-order valence-electron chi connectivity index (χ1n) is 8.49. The number of rotatable bonds is 2. The van der Waals surface area contributed by atoms with Gasteiger partial charge in [-0.2, -0.15) is 5.10 Å². The fourth-order valence-corrected chi connectivity index (χ4v) is 2.88.